The van der Waals surface area contributed by atoms with Gasteiger partial charge in [-0.25, -0.2) is 0 Å². The molecule has 7 heteroatoms. The van der Waals surface area contributed by atoms with Gasteiger partial charge < -0.3 is 4.74 Å². The van der Waals surface area contributed by atoms with Gasteiger partial charge >= 0.3 is 5.97 Å². The molecule has 0 amide bonds. The van der Waals surface area contributed by atoms with Gasteiger partial charge in [-0.15, -0.1) is 0 Å². The summed E-state index contributed by atoms with van der Waals surface area (Å²) in [5.41, 5.74) is 2.16. The molecule has 0 saturated heterocycles. The van der Waals surface area contributed by atoms with Gasteiger partial charge in [0.1, 0.15) is 5.92 Å². The minimum absolute atomic E-state index is 0.0117. The molecular weight excluding hydrogens is 298 g/mol. The first kappa shape index (κ1) is 16.8. The van der Waals surface area contributed by atoms with Crippen LogP contribution >= 0.6 is 0 Å². The van der Waals surface area contributed by atoms with Crippen LogP contribution in [0.3, 0.4) is 0 Å². The molecule has 2 rings (SSSR count). The number of non-ortho nitro benzene ring substituents is 1. The Balaban J connectivity index is 2.44. The Morgan fingerprint density at radius 2 is 1.91 bits per heavy atom. The molecule has 122 valence electrons. The summed E-state index contributed by atoms with van der Waals surface area (Å²) in [7, 11) is 0. The molecule has 1 aromatic rings. The normalized spacial score (nSPS) is 20.5. The van der Waals surface area contributed by atoms with Crippen LogP contribution in [0, 0.1) is 16.0 Å². The van der Waals surface area contributed by atoms with Gasteiger partial charge in [0.25, 0.3) is 5.69 Å². The highest BCUT2D eigenvalue weighted by Crippen LogP contribution is 2.33. The van der Waals surface area contributed by atoms with Crippen LogP contribution in [0.2, 0.25) is 0 Å². The summed E-state index contributed by atoms with van der Waals surface area (Å²) in [5, 5.41) is 19.1. The van der Waals surface area contributed by atoms with Gasteiger partial charge in [-0.05, 0) is 25.8 Å². The third-order valence-electron chi connectivity index (χ3n) is 3.84. The summed E-state index contributed by atoms with van der Waals surface area (Å²) in [5.74, 6) is -1.21. The molecule has 0 saturated carbocycles. The van der Waals surface area contributed by atoms with Crippen molar-refractivity contribution in [1.29, 1.82) is 0 Å². The molecule has 0 spiro atoms. The molecule has 1 heterocycles. The number of hydrogen-bond donors (Lipinski definition) is 0. The van der Waals surface area contributed by atoms with E-state index in [1.54, 1.807) is 26.0 Å². The average molecular weight is 317 g/mol. The molecule has 0 N–H and O–H groups in total. The van der Waals surface area contributed by atoms with Crippen molar-refractivity contribution in [3.05, 3.63) is 39.9 Å². The molecule has 7 nitrogen and oxygen atoms in total. The Morgan fingerprint density at radius 3 is 2.43 bits per heavy atom. The van der Waals surface area contributed by atoms with Crippen molar-refractivity contribution in [3.8, 4) is 0 Å². The van der Waals surface area contributed by atoms with Gasteiger partial charge in [-0.2, -0.15) is 10.2 Å². The summed E-state index contributed by atoms with van der Waals surface area (Å²) in [4.78, 5) is 22.7. The fourth-order valence-corrected chi connectivity index (χ4v) is 2.72. The summed E-state index contributed by atoms with van der Waals surface area (Å²) in [6.07, 6.45) is 0.633. The van der Waals surface area contributed by atoms with Crippen molar-refractivity contribution in [1.82, 2.24) is 0 Å². The Morgan fingerprint density at radius 1 is 1.26 bits per heavy atom. The van der Waals surface area contributed by atoms with E-state index in [2.05, 4.69) is 10.2 Å². The van der Waals surface area contributed by atoms with E-state index in [4.69, 9.17) is 4.74 Å². The van der Waals surface area contributed by atoms with Crippen molar-refractivity contribution in [2.75, 3.05) is 6.61 Å². The Hall–Kier alpha value is -2.57. The third-order valence-corrected chi connectivity index (χ3v) is 3.84. The van der Waals surface area contributed by atoms with E-state index in [0.717, 1.165) is 11.3 Å². The molecule has 0 aliphatic carbocycles. The second-order valence-electron chi connectivity index (χ2n) is 5.24. The second kappa shape index (κ2) is 7.13. The van der Waals surface area contributed by atoms with Crippen LogP contribution in [0.5, 0.6) is 0 Å². The number of ether oxygens (including phenoxy) is 1. The lowest BCUT2D eigenvalue weighted by Crippen LogP contribution is -2.36. The van der Waals surface area contributed by atoms with Crippen LogP contribution in [0.4, 0.5) is 5.69 Å². The second-order valence-corrected chi connectivity index (χ2v) is 5.24. The zero-order valence-electron chi connectivity index (χ0n) is 13.4. The highest BCUT2D eigenvalue weighted by atomic mass is 16.6. The Bertz CT molecular complexity index is 664. The van der Waals surface area contributed by atoms with Gasteiger partial charge in [0.15, 0.2) is 0 Å². The largest absolute Gasteiger partial charge is 0.465 e. The van der Waals surface area contributed by atoms with Crippen molar-refractivity contribution < 1.29 is 14.5 Å². The smallest absolute Gasteiger partial charge is 0.315 e. The van der Waals surface area contributed by atoms with Crippen LogP contribution in [0.15, 0.2) is 34.5 Å². The number of hydrogen-bond acceptors (Lipinski definition) is 6. The number of carbonyl (C=O) groups is 1. The van der Waals surface area contributed by atoms with Crippen LogP contribution in [-0.2, 0) is 9.53 Å². The maximum atomic E-state index is 12.4. The number of carbonyl (C=O) groups excluding carboxylic acids is 1. The predicted octanol–water partition coefficient (Wildman–Crippen LogP) is 3.10. The molecular formula is C16H19N3O4. The lowest BCUT2D eigenvalue weighted by molar-refractivity contribution is -0.384. The van der Waals surface area contributed by atoms with E-state index in [1.807, 2.05) is 6.92 Å². The highest BCUT2D eigenvalue weighted by molar-refractivity contribution is 6.09. The number of rotatable bonds is 5. The summed E-state index contributed by atoms with van der Waals surface area (Å²) in [6, 6.07) is 6.20. The topological polar surface area (TPSA) is 94.2 Å². The van der Waals surface area contributed by atoms with E-state index >= 15 is 0 Å². The summed E-state index contributed by atoms with van der Waals surface area (Å²) < 4.78 is 5.18. The van der Waals surface area contributed by atoms with E-state index in [0.29, 0.717) is 12.1 Å². The Labute approximate surface area is 134 Å². The van der Waals surface area contributed by atoms with Crippen LogP contribution in [0.25, 0.3) is 0 Å². The fourth-order valence-electron chi connectivity index (χ4n) is 2.72. The first-order chi connectivity index (χ1) is 11.0. The molecule has 0 aromatic heterocycles. The molecule has 1 aliphatic heterocycles. The predicted molar refractivity (Wildman–Crippen MR) is 86.8 cm³/mol. The molecule has 1 aromatic carbocycles. The van der Waals surface area contributed by atoms with Gasteiger partial charge in [-0.3, -0.25) is 14.9 Å². The minimum Gasteiger partial charge on any atom is -0.465 e. The van der Waals surface area contributed by atoms with Gasteiger partial charge in [0.2, 0.25) is 0 Å². The van der Waals surface area contributed by atoms with E-state index in [1.165, 1.54) is 12.1 Å². The SMILES string of the molecule is CCOC(=O)C1C(C)=NN=C(CC)C1c1ccc([N+](=O)[O-])cc1. The number of benzene rings is 1. The van der Waals surface area contributed by atoms with E-state index in [-0.39, 0.29) is 24.2 Å². The number of nitro benzene ring substituents is 1. The van der Waals surface area contributed by atoms with Gasteiger partial charge in [0.05, 0.1) is 17.2 Å². The maximum absolute atomic E-state index is 12.4. The van der Waals surface area contributed by atoms with E-state index < -0.39 is 10.8 Å². The summed E-state index contributed by atoms with van der Waals surface area (Å²) in [6.45, 7) is 5.72. The van der Waals surface area contributed by atoms with Crippen molar-refractivity contribution >= 4 is 23.1 Å². The molecule has 0 fully saturated rings. The lowest BCUT2D eigenvalue weighted by atomic mass is 9.78. The number of nitro groups is 1. The highest BCUT2D eigenvalue weighted by Gasteiger charge is 2.38. The van der Waals surface area contributed by atoms with Crippen molar-refractivity contribution in [2.45, 2.75) is 33.1 Å². The van der Waals surface area contributed by atoms with Gasteiger partial charge in [-0.1, -0.05) is 19.1 Å². The molecule has 0 bridgehead atoms. The lowest BCUT2D eigenvalue weighted by Gasteiger charge is -2.29. The first-order valence-corrected chi connectivity index (χ1v) is 7.51. The molecule has 1 aliphatic rings. The quantitative estimate of drug-likeness (QED) is 0.473. The number of esters is 1. The zero-order valence-corrected chi connectivity index (χ0v) is 13.4. The third kappa shape index (κ3) is 3.44. The fraction of sp³-hybridized carbons (Fsp3) is 0.438. The molecule has 2 unspecified atom stereocenters. The van der Waals surface area contributed by atoms with Crippen LogP contribution < -0.4 is 0 Å². The monoisotopic (exact) mass is 317 g/mol. The van der Waals surface area contributed by atoms with Crippen molar-refractivity contribution in [3.63, 3.8) is 0 Å². The molecule has 2 atom stereocenters. The maximum Gasteiger partial charge on any atom is 0.315 e. The van der Waals surface area contributed by atoms with E-state index in [9.17, 15) is 14.9 Å². The average Bonchev–Trinajstić information content (AvgIpc) is 2.54. The molecule has 23 heavy (non-hydrogen) atoms. The standard InChI is InChI=1S/C16H19N3O4/c1-4-13-15(11-6-8-12(9-7-11)19(21)22)14(10(3)17-18-13)16(20)23-5-2/h6-9,14-15H,4-5H2,1-3H3. The van der Waals surface area contributed by atoms with Crippen LogP contribution in [0.1, 0.15) is 38.7 Å². The number of nitrogens with zero attached hydrogens (tertiary/aromatic N) is 3. The zero-order chi connectivity index (χ0) is 17.0. The van der Waals surface area contributed by atoms with Crippen molar-refractivity contribution in [2.24, 2.45) is 16.1 Å². The van der Waals surface area contributed by atoms with Crippen LogP contribution in [-0.4, -0.2) is 28.9 Å². The molecule has 0 radical (unpaired) electrons. The minimum atomic E-state index is -0.552. The Kier molecular flexibility index (Phi) is 5.20. The first-order valence-electron chi connectivity index (χ1n) is 7.51. The summed E-state index contributed by atoms with van der Waals surface area (Å²) >= 11 is 0. The van der Waals surface area contributed by atoms with Gasteiger partial charge in [0, 0.05) is 23.8 Å².